The maximum atomic E-state index is 12.4. The van der Waals surface area contributed by atoms with Crippen LogP contribution in [0.5, 0.6) is 0 Å². The highest BCUT2D eigenvalue weighted by Gasteiger charge is 2.42. The van der Waals surface area contributed by atoms with Crippen molar-refractivity contribution in [2.24, 2.45) is 0 Å². The molecule has 1 rings (SSSR count). The van der Waals surface area contributed by atoms with Crippen molar-refractivity contribution in [3.8, 4) is 0 Å². The molecule has 2 atom stereocenters. The average molecular weight is 243 g/mol. The van der Waals surface area contributed by atoms with E-state index < -0.39 is 11.6 Å². The van der Waals surface area contributed by atoms with Crippen LogP contribution in [-0.4, -0.2) is 49.2 Å². The number of hydrogen-bond acceptors (Lipinski definition) is 4. The molecule has 1 aliphatic heterocycles. The van der Waals surface area contributed by atoms with E-state index in [1.54, 1.807) is 11.8 Å². The van der Waals surface area contributed by atoms with Gasteiger partial charge in [-0.15, -0.1) is 0 Å². The minimum Gasteiger partial charge on any atom is -0.467 e. The van der Waals surface area contributed by atoms with E-state index in [0.29, 0.717) is 19.4 Å². The van der Waals surface area contributed by atoms with Gasteiger partial charge in [0, 0.05) is 13.7 Å². The molecule has 0 aromatic rings. The zero-order valence-electron chi connectivity index (χ0n) is 11.0. The van der Waals surface area contributed by atoms with Crippen LogP contribution < -0.4 is 0 Å². The van der Waals surface area contributed by atoms with Crippen LogP contribution >= 0.6 is 0 Å². The predicted molar refractivity (Wildman–Crippen MR) is 62.5 cm³/mol. The molecule has 0 spiro atoms. The molecule has 1 saturated heterocycles. The Morgan fingerprint density at radius 3 is 2.53 bits per heavy atom. The highest BCUT2D eigenvalue weighted by atomic mass is 16.5. The molecule has 1 fully saturated rings. The number of ether oxygens (including phenoxy) is 2. The summed E-state index contributed by atoms with van der Waals surface area (Å²) in [5, 5.41) is 0. The molecule has 0 aromatic carbocycles. The van der Waals surface area contributed by atoms with Crippen LogP contribution in [0.3, 0.4) is 0 Å². The van der Waals surface area contributed by atoms with Gasteiger partial charge >= 0.3 is 5.97 Å². The highest BCUT2D eigenvalue weighted by Crippen LogP contribution is 2.25. The molecule has 1 aliphatic rings. The number of rotatable bonds is 4. The number of likely N-dealkylation sites (tertiary alicyclic amines) is 1. The molecule has 1 heterocycles. The van der Waals surface area contributed by atoms with Crippen LogP contribution in [0.2, 0.25) is 0 Å². The molecule has 98 valence electrons. The SMILES string of the molecule is CCC(C)(OC)C(=O)N1CCCC1C(=O)OC. The Kier molecular flexibility index (Phi) is 4.51. The summed E-state index contributed by atoms with van der Waals surface area (Å²) in [5.74, 6) is -0.471. The molecule has 17 heavy (non-hydrogen) atoms. The lowest BCUT2D eigenvalue weighted by atomic mass is 10.0. The Morgan fingerprint density at radius 1 is 1.41 bits per heavy atom. The molecule has 0 saturated carbocycles. The molecular formula is C12H21NO4. The smallest absolute Gasteiger partial charge is 0.328 e. The maximum Gasteiger partial charge on any atom is 0.328 e. The van der Waals surface area contributed by atoms with E-state index >= 15 is 0 Å². The molecule has 2 unspecified atom stereocenters. The van der Waals surface area contributed by atoms with Crippen molar-refractivity contribution >= 4 is 11.9 Å². The van der Waals surface area contributed by atoms with E-state index in [1.165, 1.54) is 14.2 Å². The summed E-state index contributed by atoms with van der Waals surface area (Å²) in [7, 11) is 2.86. The van der Waals surface area contributed by atoms with Gasteiger partial charge in [-0.1, -0.05) is 6.92 Å². The predicted octanol–water partition coefficient (Wildman–Crippen LogP) is 0.965. The standard InChI is InChI=1S/C12H21NO4/c1-5-12(2,17-4)11(15)13-8-6-7-9(13)10(14)16-3/h9H,5-8H2,1-4H3. The van der Waals surface area contributed by atoms with Crippen molar-refractivity contribution in [3.63, 3.8) is 0 Å². The largest absolute Gasteiger partial charge is 0.467 e. The van der Waals surface area contributed by atoms with Crippen molar-refractivity contribution < 1.29 is 19.1 Å². The second-order valence-corrected chi connectivity index (χ2v) is 4.47. The highest BCUT2D eigenvalue weighted by molar-refractivity contribution is 5.90. The molecule has 1 amide bonds. The van der Waals surface area contributed by atoms with Crippen molar-refractivity contribution in [2.75, 3.05) is 20.8 Å². The number of esters is 1. The summed E-state index contributed by atoms with van der Waals surface area (Å²) < 4.78 is 10.0. The molecule has 0 bridgehead atoms. The van der Waals surface area contributed by atoms with Gasteiger partial charge in [0.15, 0.2) is 0 Å². The fourth-order valence-corrected chi connectivity index (χ4v) is 2.08. The van der Waals surface area contributed by atoms with Gasteiger partial charge in [-0.3, -0.25) is 4.79 Å². The maximum absolute atomic E-state index is 12.4. The van der Waals surface area contributed by atoms with Crippen LogP contribution in [0.1, 0.15) is 33.1 Å². The minimum absolute atomic E-state index is 0.129. The van der Waals surface area contributed by atoms with Gasteiger partial charge in [0.05, 0.1) is 7.11 Å². The number of carbonyl (C=O) groups excluding carboxylic acids is 2. The summed E-state index contributed by atoms with van der Waals surface area (Å²) in [6.45, 7) is 4.24. The number of nitrogens with zero attached hydrogens (tertiary/aromatic N) is 1. The normalized spacial score (nSPS) is 23.3. The average Bonchev–Trinajstić information content (AvgIpc) is 2.84. The second-order valence-electron chi connectivity index (χ2n) is 4.47. The Labute approximate surface area is 102 Å². The summed E-state index contributed by atoms with van der Waals surface area (Å²) in [6.07, 6.45) is 2.07. The minimum atomic E-state index is -0.851. The lowest BCUT2D eigenvalue weighted by Crippen LogP contribution is -2.51. The van der Waals surface area contributed by atoms with E-state index in [1.807, 2.05) is 6.92 Å². The Bertz CT molecular complexity index is 299. The van der Waals surface area contributed by atoms with Crippen molar-refractivity contribution in [3.05, 3.63) is 0 Å². The zero-order valence-corrected chi connectivity index (χ0v) is 11.0. The fraction of sp³-hybridized carbons (Fsp3) is 0.833. The molecule has 0 aromatic heterocycles. The third kappa shape index (κ3) is 2.60. The first-order valence-corrected chi connectivity index (χ1v) is 5.94. The fourth-order valence-electron chi connectivity index (χ4n) is 2.08. The van der Waals surface area contributed by atoms with Gasteiger partial charge in [-0.05, 0) is 26.2 Å². The third-order valence-electron chi connectivity index (χ3n) is 3.56. The van der Waals surface area contributed by atoms with E-state index in [0.717, 1.165) is 6.42 Å². The van der Waals surface area contributed by atoms with Crippen LogP contribution in [0.15, 0.2) is 0 Å². The lowest BCUT2D eigenvalue weighted by molar-refractivity contribution is -0.161. The molecule has 0 radical (unpaired) electrons. The van der Waals surface area contributed by atoms with Crippen LogP contribution in [0, 0.1) is 0 Å². The van der Waals surface area contributed by atoms with E-state index in [2.05, 4.69) is 0 Å². The molecule has 0 aliphatic carbocycles. The van der Waals surface area contributed by atoms with Gasteiger partial charge in [0.25, 0.3) is 5.91 Å². The van der Waals surface area contributed by atoms with Gasteiger partial charge in [-0.25, -0.2) is 4.79 Å². The Balaban J connectivity index is 2.84. The number of hydrogen-bond donors (Lipinski definition) is 0. The summed E-state index contributed by atoms with van der Waals surface area (Å²) in [6, 6.07) is -0.450. The van der Waals surface area contributed by atoms with Crippen LogP contribution in [0.25, 0.3) is 0 Å². The topological polar surface area (TPSA) is 55.8 Å². The summed E-state index contributed by atoms with van der Waals surface area (Å²) in [4.78, 5) is 25.5. The lowest BCUT2D eigenvalue weighted by Gasteiger charge is -2.32. The number of methoxy groups -OCH3 is 2. The quantitative estimate of drug-likeness (QED) is 0.690. The van der Waals surface area contributed by atoms with E-state index in [-0.39, 0.29) is 11.9 Å². The van der Waals surface area contributed by atoms with Crippen molar-refractivity contribution in [2.45, 2.75) is 44.8 Å². The molecule has 5 heteroatoms. The van der Waals surface area contributed by atoms with Gasteiger partial charge in [0.2, 0.25) is 0 Å². The molecule has 5 nitrogen and oxygen atoms in total. The summed E-state index contributed by atoms with van der Waals surface area (Å²) in [5.41, 5.74) is -0.851. The van der Waals surface area contributed by atoms with Crippen LogP contribution in [0.4, 0.5) is 0 Å². The zero-order chi connectivity index (χ0) is 13.1. The molecule has 0 N–H and O–H groups in total. The van der Waals surface area contributed by atoms with Gasteiger partial charge in [-0.2, -0.15) is 0 Å². The number of carbonyl (C=O) groups is 2. The number of amides is 1. The van der Waals surface area contributed by atoms with Crippen molar-refractivity contribution in [1.82, 2.24) is 4.90 Å². The van der Waals surface area contributed by atoms with E-state index in [9.17, 15) is 9.59 Å². The second kappa shape index (κ2) is 5.49. The Hall–Kier alpha value is -1.10. The first-order valence-electron chi connectivity index (χ1n) is 5.94. The Morgan fingerprint density at radius 2 is 2.06 bits per heavy atom. The van der Waals surface area contributed by atoms with E-state index in [4.69, 9.17) is 9.47 Å². The van der Waals surface area contributed by atoms with Gasteiger partial charge < -0.3 is 14.4 Å². The first kappa shape index (κ1) is 14.0. The van der Waals surface area contributed by atoms with Crippen LogP contribution in [-0.2, 0) is 19.1 Å². The molecular weight excluding hydrogens is 222 g/mol. The van der Waals surface area contributed by atoms with Crippen molar-refractivity contribution in [1.29, 1.82) is 0 Å². The summed E-state index contributed by atoms with van der Waals surface area (Å²) >= 11 is 0. The first-order chi connectivity index (χ1) is 8.00. The third-order valence-corrected chi connectivity index (χ3v) is 3.56. The van der Waals surface area contributed by atoms with Gasteiger partial charge in [0.1, 0.15) is 11.6 Å². The monoisotopic (exact) mass is 243 g/mol.